The SMILES string of the molecule is Cc1ccc(S(=O)(=O)N/N=C\c2cn(CCC#N)nc2-c2ccccc2)cc1. The second kappa shape index (κ2) is 8.50. The van der Waals surface area contributed by atoms with Crippen LogP contribution >= 0.6 is 0 Å². The third-order valence-electron chi connectivity index (χ3n) is 4.00. The highest BCUT2D eigenvalue weighted by Crippen LogP contribution is 2.20. The summed E-state index contributed by atoms with van der Waals surface area (Å²) in [5.41, 5.74) is 3.16. The number of aryl methyl sites for hydroxylation is 2. The van der Waals surface area contributed by atoms with Crippen molar-refractivity contribution in [2.45, 2.75) is 24.8 Å². The zero-order chi connectivity index (χ0) is 20.0. The van der Waals surface area contributed by atoms with E-state index in [1.807, 2.05) is 37.3 Å². The smallest absolute Gasteiger partial charge is 0.270 e. The van der Waals surface area contributed by atoms with Gasteiger partial charge < -0.3 is 0 Å². The molecule has 1 N–H and O–H groups in total. The lowest BCUT2D eigenvalue weighted by Gasteiger charge is -2.03. The van der Waals surface area contributed by atoms with Gasteiger partial charge in [0.2, 0.25) is 0 Å². The van der Waals surface area contributed by atoms with Crippen LogP contribution in [0.5, 0.6) is 0 Å². The summed E-state index contributed by atoms with van der Waals surface area (Å²) < 4.78 is 26.4. The Morgan fingerprint density at radius 2 is 1.89 bits per heavy atom. The predicted octanol–water partition coefficient (Wildman–Crippen LogP) is 3.08. The number of hydrazone groups is 1. The minimum atomic E-state index is -3.75. The van der Waals surface area contributed by atoms with Crippen molar-refractivity contribution in [1.29, 1.82) is 5.26 Å². The van der Waals surface area contributed by atoms with E-state index in [1.54, 1.807) is 23.0 Å². The van der Waals surface area contributed by atoms with E-state index in [0.29, 0.717) is 24.2 Å². The minimum Gasteiger partial charge on any atom is -0.270 e. The molecule has 8 heteroatoms. The summed E-state index contributed by atoms with van der Waals surface area (Å²) >= 11 is 0. The molecule has 0 radical (unpaired) electrons. The summed E-state index contributed by atoms with van der Waals surface area (Å²) in [5.74, 6) is 0. The first-order chi connectivity index (χ1) is 13.5. The van der Waals surface area contributed by atoms with E-state index in [0.717, 1.165) is 11.1 Å². The van der Waals surface area contributed by atoms with Crippen molar-refractivity contribution in [1.82, 2.24) is 14.6 Å². The molecule has 0 amide bonds. The van der Waals surface area contributed by atoms with Crippen molar-refractivity contribution in [3.05, 3.63) is 71.9 Å². The average molecular weight is 393 g/mol. The summed E-state index contributed by atoms with van der Waals surface area (Å²) in [6.07, 6.45) is 3.49. The minimum absolute atomic E-state index is 0.142. The van der Waals surface area contributed by atoms with Crippen LogP contribution in [0, 0.1) is 18.3 Å². The molecule has 0 aliphatic heterocycles. The number of hydrogen-bond donors (Lipinski definition) is 1. The van der Waals surface area contributed by atoms with Gasteiger partial charge in [0.25, 0.3) is 10.0 Å². The van der Waals surface area contributed by atoms with E-state index in [9.17, 15) is 8.42 Å². The highest BCUT2D eigenvalue weighted by atomic mass is 32.2. The van der Waals surface area contributed by atoms with Crippen LogP contribution in [-0.2, 0) is 16.6 Å². The van der Waals surface area contributed by atoms with Crippen LogP contribution in [0.1, 0.15) is 17.5 Å². The fourth-order valence-electron chi connectivity index (χ4n) is 2.57. The molecular formula is C20H19N5O2S. The van der Waals surface area contributed by atoms with Crippen molar-refractivity contribution in [3.8, 4) is 17.3 Å². The van der Waals surface area contributed by atoms with E-state index in [2.05, 4.69) is 21.1 Å². The molecular weight excluding hydrogens is 374 g/mol. The van der Waals surface area contributed by atoms with E-state index < -0.39 is 10.0 Å². The summed E-state index contributed by atoms with van der Waals surface area (Å²) in [6.45, 7) is 2.33. The number of benzene rings is 2. The number of sulfonamides is 1. The largest absolute Gasteiger partial charge is 0.276 e. The van der Waals surface area contributed by atoms with Gasteiger partial charge in [0.15, 0.2) is 0 Å². The maximum Gasteiger partial charge on any atom is 0.276 e. The molecule has 0 atom stereocenters. The Labute approximate surface area is 164 Å². The molecule has 0 bridgehead atoms. The van der Waals surface area contributed by atoms with Gasteiger partial charge in [-0.25, -0.2) is 4.83 Å². The molecule has 28 heavy (non-hydrogen) atoms. The van der Waals surface area contributed by atoms with Gasteiger partial charge >= 0.3 is 0 Å². The number of hydrogen-bond acceptors (Lipinski definition) is 5. The van der Waals surface area contributed by atoms with Crippen LogP contribution in [-0.4, -0.2) is 24.4 Å². The molecule has 3 rings (SSSR count). The summed E-state index contributed by atoms with van der Waals surface area (Å²) in [7, 11) is -3.75. The molecule has 0 spiro atoms. The molecule has 0 unspecified atom stereocenters. The number of rotatable bonds is 7. The average Bonchev–Trinajstić information content (AvgIpc) is 3.10. The normalized spacial score (nSPS) is 11.4. The second-order valence-electron chi connectivity index (χ2n) is 6.14. The number of aromatic nitrogens is 2. The summed E-state index contributed by atoms with van der Waals surface area (Å²) in [5, 5.41) is 17.2. The number of nitriles is 1. The Bertz CT molecular complexity index is 1110. The van der Waals surface area contributed by atoms with Gasteiger partial charge in [-0.1, -0.05) is 48.0 Å². The highest BCUT2D eigenvalue weighted by molar-refractivity contribution is 7.89. The molecule has 3 aromatic rings. The van der Waals surface area contributed by atoms with Crippen molar-refractivity contribution < 1.29 is 8.42 Å². The van der Waals surface area contributed by atoms with Crippen molar-refractivity contribution in [3.63, 3.8) is 0 Å². The Morgan fingerprint density at radius 3 is 2.57 bits per heavy atom. The maximum atomic E-state index is 12.4. The lowest BCUT2D eigenvalue weighted by molar-refractivity contribution is 0.584. The summed E-state index contributed by atoms with van der Waals surface area (Å²) in [6, 6.07) is 18.1. The number of nitrogens with zero attached hydrogens (tertiary/aromatic N) is 4. The monoisotopic (exact) mass is 393 g/mol. The Morgan fingerprint density at radius 1 is 1.18 bits per heavy atom. The van der Waals surface area contributed by atoms with E-state index in [1.165, 1.54) is 18.3 Å². The Balaban J connectivity index is 1.85. The first-order valence-electron chi connectivity index (χ1n) is 8.61. The van der Waals surface area contributed by atoms with Gasteiger partial charge in [0.05, 0.1) is 30.1 Å². The van der Waals surface area contributed by atoms with Crippen LogP contribution in [0.15, 0.2) is 70.8 Å². The lowest BCUT2D eigenvalue weighted by Crippen LogP contribution is -2.18. The predicted molar refractivity (Wildman–Crippen MR) is 107 cm³/mol. The van der Waals surface area contributed by atoms with Crippen LogP contribution < -0.4 is 4.83 Å². The third-order valence-corrected chi connectivity index (χ3v) is 5.24. The summed E-state index contributed by atoms with van der Waals surface area (Å²) in [4.78, 5) is 2.37. The number of nitrogens with one attached hydrogen (secondary N) is 1. The molecule has 7 nitrogen and oxygen atoms in total. The fourth-order valence-corrected chi connectivity index (χ4v) is 3.36. The molecule has 142 valence electrons. The van der Waals surface area contributed by atoms with E-state index in [4.69, 9.17) is 5.26 Å². The van der Waals surface area contributed by atoms with Crippen LogP contribution in [0.4, 0.5) is 0 Å². The van der Waals surface area contributed by atoms with Crippen molar-refractivity contribution in [2.75, 3.05) is 0 Å². The molecule has 0 saturated carbocycles. The first-order valence-corrected chi connectivity index (χ1v) is 10.1. The quantitative estimate of drug-likeness (QED) is 0.492. The van der Waals surface area contributed by atoms with Gasteiger partial charge in [-0.15, -0.1) is 0 Å². The van der Waals surface area contributed by atoms with Crippen LogP contribution in [0.25, 0.3) is 11.3 Å². The zero-order valence-electron chi connectivity index (χ0n) is 15.3. The molecule has 0 aliphatic rings. The standard InChI is InChI=1S/C20H19N5O2S/c1-16-8-10-19(11-9-16)28(26,27)24-22-14-18-15-25(13-5-12-21)23-20(18)17-6-3-2-4-7-17/h2-4,6-11,14-15,24H,5,13H2,1H3/b22-14-. The highest BCUT2D eigenvalue weighted by Gasteiger charge is 2.13. The van der Waals surface area contributed by atoms with Gasteiger partial charge in [0, 0.05) is 17.3 Å². The molecule has 1 aromatic heterocycles. The van der Waals surface area contributed by atoms with Crippen molar-refractivity contribution in [2.24, 2.45) is 5.10 Å². The molecule has 2 aromatic carbocycles. The Kier molecular flexibility index (Phi) is 5.87. The Hall–Kier alpha value is -3.44. The molecule has 0 saturated heterocycles. The maximum absolute atomic E-state index is 12.4. The molecule has 1 heterocycles. The third kappa shape index (κ3) is 4.64. The fraction of sp³-hybridized carbons (Fsp3) is 0.150. The van der Waals surface area contributed by atoms with Gasteiger partial charge in [-0.2, -0.15) is 23.9 Å². The van der Waals surface area contributed by atoms with Crippen LogP contribution in [0.2, 0.25) is 0 Å². The lowest BCUT2D eigenvalue weighted by atomic mass is 10.1. The van der Waals surface area contributed by atoms with Gasteiger partial charge in [-0.05, 0) is 19.1 Å². The van der Waals surface area contributed by atoms with Gasteiger partial charge in [0.1, 0.15) is 5.69 Å². The van der Waals surface area contributed by atoms with Crippen LogP contribution in [0.3, 0.4) is 0 Å². The first kappa shape index (κ1) is 19.3. The van der Waals surface area contributed by atoms with Crippen molar-refractivity contribution >= 4 is 16.2 Å². The van der Waals surface area contributed by atoms with E-state index >= 15 is 0 Å². The van der Waals surface area contributed by atoms with Gasteiger partial charge in [-0.3, -0.25) is 4.68 Å². The zero-order valence-corrected chi connectivity index (χ0v) is 16.1. The molecule has 0 aliphatic carbocycles. The van der Waals surface area contributed by atoms with E-state index in [-0.39, 0.29) is 4.90 Å². The second-order valence-corrected chi connectivity index (χ2v) is 7.80. The molecule has 0 fully saturated rings. The topological polar surface area (TPSA) is 100 Å².